The van der Waals surface area contributed by atoms with E-state index in [1.165, 1.54) is 0 Å². The van der Waals surface area contributed by atoms with Gasteiger partial charge in [0.1, 0.15) is 0 Å². The van der Waals surface area contributed by atoms with Gasteiger partial charge in [0.2, 0.25) is 5.91 Å². The van der Waals surface area contributed by atoms with E-state index in [2.05, 4.69) is 4.85 Å². The van der Waals surface area contributed by atoms with Crippen LogP contribution in [0.2, 0.25) is 0 Å². The molecule has 76 valence electrons. The monoisotopic (exact) mass is 195 g/mol. The SMILES string of the molecule is [C-]#[N+]CC(=O)N1CCC(C(N)=O)CC1. The molecule has 0 atom stereocenters. The molecule has 2 N–H and O–H groups in total. The summed E-state index contributed by atoms with van der Waals surface area (Å²) in [5.74, 6) is -0.544. The van der Waals surface area contributed by atoms with E-state index >= 15 is 0 Å². The van der Waals surface area contributed by atoms with E-state index in [-0.39, 0.29) is 24.3 Å². The third kappa shape index (κ3) is 2.46. The van der Waals surface area contributed by atoms with E-state index in [1.807, 2.05) is 0 Å². The van der Waals surface area contributed by atoms with Gasteiger partial charge in [0.05, 0.1) is 0 Å². The summed E-state index contributed by atoms with van der Waals surface area (Å²) in [5, 5.41) is 0. The van der Waals surface area contributed by atoms with E-state index < -0.39 is 0 Å². The molecule has 0 aromatic carbocycles. The molecule has 0 radical (unpaired) electrons. The Balaban J connectivity index is 2.40. The summed E-state index contributed by atoms with van der Waals surface area (Å²) in [7, 11) is 0. The van der Waals surface area contributed by atoms with Crippen molar-refractivity contribution in [1.29, 1.82) is 0 Å². The van der Waals surface area contributed by atoms with Crippen LogP contribution >= 0.6 is 0 Å². The predicted molar refractivity (Wildman–Crippen MR) is 50.0 cm³/mol. The summed E-state index contributed by atoms with van der Waals surface area (Å²) < 4.78 is 0. The molecular weight excluding hydrogens is 182 g/mol. The minimum atomic E-state index is -0.290. The quantitative estimate of drug-likeness (QED) is 0.611. The molecule has 1 aliphatic heterocycles. The summed E-state index contributed by atoms with van der Waals surface area (Å²) in [6.45, 7) is 7.55. The van der Waals surface area contributed by atoms with E-state index in [1.54, 1.807) is 4.90 Å². The van der Waals surface area contributed by atoms with Gasteiger partial charge in [-0.1, -0.05) is 0 Å². The molecule has 0 bridgehead atoms. The van der Waals surface area contributed by atoms with Crippen LogP contribution in [0.25, 0.3) is 4.85 Å². The number of hydrogen-bond acceptors (Lipinski definition) is 2. The molecule has 0 aromatic heterocycles. The average molecular weight is 195 g/mol. The van der Waals surface area contributed by atoms with Gasteiger partial charge in [-0.05, 0) is 12.8 Å². The molecule has 1 heterocycles. The van der Waals surface area contributed by atoms with E-state index in [9.17, 15) is 9.59 Å². The largest absolute Gasteiger partial charge is 0.369 e. The summed E-state index contributed by atoms with van der Waals surface area (Å²) in [6.07, 6.45) is 1.25. The van der Waals surface area contributed by atoms with Gasteiger partial charge in [-0.25, -0.2) is 6.57 Å². The van der Waals surface area contributed by atoms with Crippen molar-refractivity contribution >= 4 is 11.8 Å². The van der Waals surface area contributed by atoms with E-state index in [0.717, 1.165) is 0 Å². The highest BCUT2D eigenvalue weighted by Crippen LogP contribution is 2.16. The predicted octanol–water partition coefficient (Wildman–Crippen LogP) is -0.370. The topological polar surface area (TPSA) is 67.8 Å². The zero-order valence-electron chi connectivity index (χ0n) is 7.90. The fraction of sp³-hybridized carbons (Fsp3) is 0.667. The van der Waals surface area contributed by atoms with Gasteiger partial charge in [-0.3, -0.25) is 9.59 Å². The van der Waals surface area contributed by atoms with Crippen molar-refractivity contribution in [3.8, 4) is 0 Å². The van der Waals surface area contributed by atoms with Crippen molar-refractivity contribution in [2.75, 3.05) is 19.6 Å². The smallest absolute Gasteiger partial charge is 0.302 e. The van der Waals surface area contributed by atoms with Crippen molar-refractivity contribution in [2.24, 2.45) is 11.7 Å². The van der Waals surface area contributed by atoms with Crippen molar-refractivity contribution in [3.63, 3.8) is 0 Å². The number of hydrogen-bond donors (Lipinski definition) is 1. The molecule has 5 nitrogen and oxygen atoms in total. The van der Waals surface area contributed by atoms with Crippen LogP contribution in [0, 0.1) is 12.5 Å². The second kappa shape index (κ2) is 4.61. The molecule has 0 spiro atoms. The lowest BCUT2D eigenvalue weighted by Gasteiger charge is -2.29. The fourth-order valence-electron chi connectivity index (χ4n) is 1.58. The fourth-order valence-corrected chi connectivity index (χ4v) is 1.58. The van der Waals surface area contributed by atoms with Gasteiger partial charge in [-0.2, -0.15) is 0 Å². The molecule has 1 saturated heterocycles. The lowest BCUT2D eigenvalue weighted by Crippen LogP contribution is -2.42. The second-order valence-electron chi connectivity index (χ2n) is 3.37. The Hall–Kier alpha value is -1.57. The lowest BCUT2D eigenvalue weighted by molar-refractivity contribution is -0.133. The van der Waals surface area contributed by atoms with Crippen LogP contribution in [0.5, 0.6) is 0 Å². The highest BCUT2D eigenvalue weighted by molar-refractivity contribution is 5.80. The highest BCUT2D eigenvalue weighted by Gasteiger charge is 2.26. The summed E-state index contributed by atoms with van der Waals surface area (Å²) in [6, 6.07) is 0. The van der Waals surface area contributed by atoms with Crippen LogP contribution in [-0.4, -0.2) is 36.3 Å². The summed E-state index contributed by atoms with van der Waals surface area (Å²) >= 11 is 0. The molecule has 5 heteroatoms. The number of primary amides is 1. The number of likely N-dealkylation sites (tertiary alicyclic amines) is 1. The third-order valence-corrected chi connectivity index (χ3v) is 2.46. The lowest BCUT2D eigenvalue weighted by atomic mass is 9.96. The number of piperidine rings is 1. The average Bonchev–Trinajstić information content (AvgIpc) is 2.18. The Labute approximate surface area is 82.7 Å². The molecule has 1 aliphatic rings. The molecule has 0 unspecified atom stereocenters. The number of rotatable bonds is 2. The van der Waals surface area contributed by atoms with Crippen LogP contribution in [0.4, 0.5) is 0 Å². The Morgan fingerprint density at radius 1 is 1.43 bits per heavy atom. The summed E-state index contributed by atoms with van der Waals surface area (Å²) in [4.78, 5) is 26.8. The van der Waals surface area contributed by atoms with Crippen LogP contribution < -0.4 is 5.73 Å². The Kier molecular flexibility index (Phi) is 3.46. The van der Waals surface area contributed by atoms with E-state index in [0.29, 0.717) is 25.9 Å². The standard InChI is InChI=1S/C9H13N3O2/c1-11-6-8(13)12-4-2-7(3-5-12)9(10)14/h7H,2-6H2,(H2,10,14). The van der Waals surface area contributed by atoms with Crippen LogP contribution in [-0.2, 0) is 9.59 Å². The molecule has 1 rings (SSSR count). The number of nitrogens with two attached hydrogens (primary N) is 1. The van der Waals surface area contributed by atoms with Crippen molar-refractivity contribution in [2.45, 2.75) is 12.8 Å². The van der Waals surface area contributed by atoms with Gasteiger partial charge in [0, 0.05) is 19.0 Å². The first-order chi connectivity index (χ1) is 6.65. The Morgan fingerprint density at radius 2 is 2.00 bits per heavy atom. The minimum Gasteiger partial charge on any atom is -0.369 e. The normalized spacial score (nSPS) is 17.5. The first-order valence-corrected chi connectivity index (χ1v) is 4.55. The molecule has 14 heavy (non-hydrogen) atoms. The zero-order valence-corrected chi connectivity index (χ0v) is 7.90. The van der Waals surface area contributed by atoms with Gasteiger partial charge in [0.15, 0.2) is 0 Å². The number of carbonyl (C=O) groups excluding carboxylic acids is 2. The second-order valence-corrected chi connectivity index (χ2v) is 3.37. The Bertz CT molecular complexity index is 274. The molecule has 0 saturated carbocycles. The summed E-state index contributed by atoms with van der Waals surface area (Å²) in [5.41, 5.74) is 5.16. The minimum absolute atomic E-state index is 0.0960. The third-order valence-electron chi connectivity index (χ3n) is 2.46. The zero-order chi connectivity index (χ0) is 10.6. The van der Waals surface area contributed by atoms with Gasteiger partial charge >= 0.3 is 5.91 Å². The van der Waals surface area contributed by atoms with Crippen LogP contribution in [0.1, 0.15) is 12.8 Å². The Morgan fingerprint density at radius 3 is 2.43 bits per heavy atom. The van der Waals surface area contributed by atoms with Crippen molar-refractivity contribution in [3.05, 3.63) is 11.4 Å². The molecule has 0 aliphatic carbocycles. The maximum atomic E-state index is 11.3. The van der Waals surface area contributed by atoms with Crippen molar-refractivity contribution < 1.29 is 9.59 Å². The highest BCUT2D eigenvalue weighted by atomic mass is 16.2. The maximum absolute atomic E-state index is 11.3. The molecular formula is C9H13N3O2. The molecule has 2 amide bonds. The van der Waals surface area contributed by atoms with E-state index in [4.69, 9.17) is 12.3 Å². The number of carbonyl (C=O) groups is 2. The molecule has 1 fully saturated rings. The molecule has 0 aromatic rings. The van der Waals surface area contributed by atoms with Crippen LogP contribution in [0.3, 0.4) is 0 Å². The number of nitrogens with zero attached hydrogens (tertiary/aromatic N) is 2. The number of amides is 2. The first-order valence-electron chi connectivity index (χ1n) is 4.55. The maximum Gasteiger partial charge on any atom is 0.302 e. The van der Waals surface area contributed by atoms with Crippen LogP contribution in [0.15, 0.2) is 0 Å². The first kappa shape index (κ1) is 10.5. The van der Waals surface area contributed by atoms with Gasteiger partial charge in [0.25, 0.3) is 6.54 Å². The van der Waals surface area contributed by atoms with Crippen molar-refractivity contribution in [1.82, 2.24) is 4.90 Å². The van der Waals surface area contributed by atoms with Gasteiger partial charge < -0.3 is 15.5 Å². The van der Waals surface area contributed by atoms with Gasteiger partial charge in [-0.15, -0.1) is 0 Å².